The van der Waals surface area contributed by atoms with Gasteiger partial charge in [0.25, 0.3) is 0 Å². The number of carbonyl (C=O) groups is 1. The summed E-state index contributed by atoms with van der Waals surface area (Å²) in [6.45, 7) is 2.10. The Bertz CT molecular complexity index is 463. The summed E-state index contributed by atoms with van der Waals surface area (Å²) in [6, 6.07) is 6.27. The number of hydrogen-bond acceptors (Lipinski definition) is 2. The fourth-order valence-electron chi connectivity index (χ4n) is 2.81. The monoisotopic (exact) mass is 247 g/mol. The molecule has 1 fully saturated rings. The quantitative estimate of drug-likeness (QED) is 0.759. The smallest absolute Gasteiger partial charge is 0.231 e. The minimum absolute atomic E-state index is 0.0996. The van der Waals surface area contributed by atoms with Crippen molar-refractivity contribution in [1.82, 2.24) is 0 Å². The summed E-state index contributed by atoms with van der Waals surface area (Å²) >= 11 is 1.84. The molecule has 1 saturated carbocycles. The third-order valence-electron chi connectivity index (χ3n) is 3.93. The zero-order valence-corrected chi connectivity index (χ0v) is 10.9. The lowest BCUT2D eigenvalue weighted by atomic mass is 9.87. The normalized spacial score (nSPS) is 22.1. The van der Waals surface area contributed by atoms with Crippen LogP contribution in [0.1, 0.15) is 31.2 Å². The number of rotatable bonds is 0. The van der Waals surface area contributed by atoms with Crippen molar-refractivity contribution in [3.05, 3.63) is 23.8 Å². The maximum atomic E-state index is 12.4. The van der Waals surface area contributed by atoms with E-state index in [1.54, 1.807) is 0 Å². The van der Waals surface area contributed by atoms with Crippen LogP contribution in [0.5, 0.6) is 0 Å². The molecular weight excluding hydrogens is 230 g/mol. The van der Waals surface area contributed by atoms with Crippen molar-refractivity contribution in [2.24, 2.45) is 5.41 Å². The van der Waals surface area contributed by atoms with Gasteiger partial charge in [-0.1, -0.05) is 18.9 Å². The minimum atomic E-state index is -0.0996. The Balaban J connectivity index is 1.96. The second-order valence-electron chi connectivity index (χ2n) is 5.23. The van der Waals surface area contributed by atoms with Gasteiger partial charge in [0.05, 0.1) is 11.1 Å². The molecule has 1 aromatic rings. The van der Waals surface area contributed by atoms with Crippen LogP contribution in [-0.4, -0.2) is 11.7 Å². The van der Waals surface area contributed by atoms with Gasteiger partial charge in [-0.15, -0.1) is 11.8 Å². The summed E-state index contributed by atoms with van der Waals surface area (Å²) in [5.74, 6) is 1.18. The molecule has 90 valence electrons. The molecule has 0 bridgehead atoms. The van der Waals surface area contributed by atoms with Gasteiger partial charge in [-0.2, -0.15) is 0 Å². The summed E-state index contributed by atoms with van der Waals surface area (Å²) in [5, 5.41) is 3.12. The first kappa shape index (κ1) is 11.1. The summed E-state index contributed by atoms with van der Waals surface area (Å²) in [6.07, 6.45) is 4.50. The van der Waals surface area contributed by atoms with Gasteiger partial charge in [-0.3, -0.25) is 4.79 Å². The van der Waals surface area contributed by atoms with E-state index < -0.39 is 0 Å². The molecule has 1 aliphatic heterocycles. The standard InChI is InChI=1S/C14H17NOS/c1-10-4-5-11-12(8-10)17-9-14(13(16)15-11)6-2-3-7-14/h4-5,8H,2-3,6-7,9H2,1H3,(H,15,16). The van der Waals surface area contributed by atoms with E-state index in [1.165, 1.54) is 23.3 Å². The molecule has 0 aromatic heterocycles. The Morgan fingerprint density at radius 2 is 2.06 bits per heavy atom. The fourth-order valence-corrected chi connectivity index (χ4v) is 4.21. The summed E-state index contributed by atoms with van der Waals surface area (Å²) in [7, 11) is 0. The number of nitrogens with one attached hydrogen (secondary N) is 1. The van der Waals surface area contributed by atoms with E-state index >= 15 is 0 Å². The zero-order chi connectivity index (χ0) is 11.9. The second-order valence-corrected chi connectivity index (χ2v) is 6.25. The summed E-state index contributed by atoms with van der Waals surface area (Å²) in [4.78, 5) is 13.6. The summed E-state index contributed by atoms with van der Waals surface area (Å²) in [5.41, 5.74) is 2.15. The van der Waals surface area contributed by atoms with Crippen LogP contribution in [0.3, 0.4) is 0 Å². The van der Waals surface area contributed by atoms with Crippen LogP contribution in [0, 0.1) is 12.3 Å². The maximum Gasteiger partial charge on any atom is 0.231 e. The first-order chi connectivity index (χ1) is 8.20. The third-order valence-corrected chi connectivity index (χ3v) is 5.28. The van der Waals surface area contributed by atoms with Crippen LogP contribution in [0.4, 0.5) is 5.69 Å². The topological polar surface area (TPSA) is 29.1 Å². The molecule has 1 aliphatic carbocycles. The van der Waals surface area contributed by atoms with E-state index in [-0.39, 0.29) is 11.3 Å². The predicted octanol–water partition coefficient (Wildman–Crippen LogP) is 3.60. The van der Waals surface area contributed by atoms with Crippen molar-refractivity contribution in [1.29, 1.82) is 0 Å². The summed E-state index contributed by atoms with van der Waals surface area (Å²) < 4.78 is 0. The van der Waals surface area contributed by atoms with E-state index in [0.29, 0.717) is 0 Å². The second kappa shape index (κ2) is 4.05. The highest BCUT2D eigenvalue weighted by Gasteiger charge is 2.42. The van der Waals surface area contributed by atoms with Crippen LogP contribution in [0.25, 0.3) is 0 Å². The van der Waals surface area contributed by atoms with Crippen molar-refractivity contribution in [2.45, 2.75) is 37.5 Å². The van der Waals surface area contributed by atoms with Crippen molar-refractivity contribution in [3.8, 4) is 0 Å². The SMILES string of the molecule is Cc1ccc2c(c1)SCC1(CCCC1)C(=O)N2. The molecular formula is C14H17NOS. The van der Waals surface area contributed by atoms with Crippen LogP contribution in [-0.2, 0) is 4.79 Å². The molecule has 0 unspecified atom stereocenters. The molecule has 1 aromatic carbocycles. The molecule has 17 heavy (non-hydrogen) atoms. The minimum Gasteiger partial charge on any atom is -0.325 e. The van der Waals surface area contributed by atoms with Crippen molar-refractivity contribution in [2.75, 3.05) is 11.1 Å². The van der Waals surface area contributed by atoms with Crippen LogP contribution in [0.15, 0.2) is 23.1 Å². The van der Waals surface area contributed by atoms with Gasteiger partial charge < -0.3 is 5.32 Å². The number of hydrogen-bond donors (Lipinski definition) is 1. The highest BCUT2D eigenvalue weighted by Crippen LogP contribution is 2.46. The van der Waals surface area contributed by atoms with E-state index in [0.717, 1.165) is 24.3 Å². The largest absolute Gasteiger partial charge is 0.325 e. The highest BCUT2D eigenvalue weighted by atomic mass is 32.2. The Kier molecular flexibility index (Phi) is 2.66. The van der Waals surface area contributed by atoms with Gasteiger partial charge in [0.15, 0.2) is 0 Å². The van der Waals surface area contributed by atoms with Crippen molar-refractivity contribution < 1.29 is 4.79 Å². The fraction of sp³-hybridized carbons (Fsp3) is 0.500. The van der Waals surface area contributed by atoms with E-state index in [1.807, 2.05) is 17.8 Å². The first-order valence-corrected chi connectivity index (χ1v) is 7.23. The lowest BCUT2D eigenvalue weighted by Gasteiger charge is -2.24. The number of carbonyl (C=O) groups excluding carboxylic acids is 1. The third kappa shape index (κ3) is 1.86. The number of thioether (sulfide) groups is 1. The Hall–Kier alpha value is -0.960. The number of amides is 1. The van der Waals surface area contributed by atoms with Gasteiger partial charge in [-0.05, 0) is 37.5 Å². The van der Waals surface area contributed by atoms with Gasteiger partial charge in [0.1, 0.15) is 0 Å². The zero-order valence-electron chi connectivity index (χ0n) is 10.1. The van der Waals surface area contributed by atoms with Crippen LogP contribution >= 0.6 is 11.8 Å². The van der Waals surface area contributed by atoms with E-state index in [4.69, 9.17) is 0 Å². The van der Waals surface area contributed by atoms with Gasteiger partial charge in [0, 0.05) is 10.6 Å². The molecule has 1 heterocycles. The molecule has 0 radical (unpaired) electrons. The Morgan fingerprint density at radius 3 is 2.82 bits per heavy atom. The first-order valence-electron chi connectivity index (χ1n) is 6.25. The highest BCUT2D eigenvalue weighted by molar-refractivity contribution is 7.99. The number of aryl methyl sites for hydroxylation is 1. The van der Waals surface area contributed by atoms with Crippen LogP contribution in [0.2, 0.25) is 0 Å². The van der Waals surface area contributed by atoms with Crippen molar-refractivity contribution >= 4 is 23.4 Å². The number of anilines is 1. The maximum absolute atomic E-state index is 12.4. The van der Waals surface area contributed by atoms with Gasteiger partial charge in [0.2, 0.25) is 5.91 Å². The predicted molar refractivity (Wildman–Crippen MR) is 71.4 cm³/mol. The molecule has 0 saturated heterocycles. The molecule has 3 heteroatoms. The average Bonchev–Trinajstić information content (AvgIpc) is 2.74. The number of benzene rings is 1. The Morgan fingerprint density at radius 1 is 1.29 bits per heavy atom. The number of fused-ring (bicyclic) bond motifs is 1. The molecule has 1 N–H and O–H groups in total. The molecule has 1 spiro atoms. The van der Waals surface area contributed by atoms with Gasteiger partial charge >= 0.3 is 0 Å². The average molecular weight is 247 g/mol. The molecule has 0 atom stereocenters. The van der Waals surface area contributed by atoms with E-state index in [2.05, 4.69) is 24.4 Å². The lowest BCUT2D eigenvalue weighted by molar-refractivity contribution is -0.124. The molecule has 3 rings (SSSR count). The molecule has 2 nitrogen and oxygen atoms in total. The van der Waals surface area contributed by atoms with Gasteiger partial charge in [-0.25, -0.2) is 0 Å². The van der Waals surface area contributed by atoms with Crippen LogP contribution < -0.4 is 5.32 Å². The Labute approximate surface area is 106 Å². The van der Waals surface area contributed by atoms with Crippen molar-refractivity contribution in [3.63, 3.8) is 0 Å². The lowest BCUT2D eigenvalue weighted by Crippen LogP contribution is -2.34. The molecule has 2 aliphatic rings. The molecule has 1 amide bonds. The van der Waals surface area contributed by atoms with E-state index in [9.17, 15) is 4.79 Å².